The highest BCUT2D eigenvalue weighted by Crippen LogP contribution is 2.28. The molecule has 1 unspecified atom stereocenters. The number of rotatable bonds is 5. The molecule has 0 aliphatic heterocycles. The number of hydrogen-bond acceptors (Lipinski definition) is 4. The van der Waals surface area contributed by atoms with E-state index in [1.807, 2.05) is 35.7 Å². The molecule has 3 N–H and O–H groups in total. The zero-order chi connectivity index (χ0) is 15.4. The minimum atomic E-state index is -0.175. The van der Waals surface area contributed by atoms with E-state index in [1.54, 1.807) is 17.5 Å². The summed E-state index contributed by atoms with van der Waals surface area (Å²) < 4.78 is 0. The molecule has 3 rings (SSSR count). The van der Waals surface area contributed by atoms with Crippen LogP contribution in [0.3, 0.4) is 0 Å². The zero-order valence-corrected chi connectivity index (χ0v) is 13.3. The zero-order valence-electron chi connectivity index (χ0n) is 12.4. The van der Waals surface area contributed by atoms with Crippen molar-refractivity contribution in [2.45, 2.75) is 37.8 Å². The third-order valence-electron chi connectivity index (χ3n) is 4.30. The Balaban J connectivity index is 1.72. The smallest absolute Gasteiger partial charge is 0.221 e. The Kier molecular flexibility index (Phi) is 4.85. The molecule has 116 valence electrons. The molecule has 1 heterocycles. The number of nitrogens with zero attached hydrogens (tertiary/aromatic N) is 1. The number of thiazole rings is 1. The summed E-state index contributed by atoms with van der Waals surface area (Å²) >= 11 is 1.56. The summed E-state index contributed by atoms with van der Waals surface area (Å²) in [7, 11) is 0. The average molecular weight is 315 g/mol. The lowest BCUT2D eigenvalue weighted by Crippen LogP contribution is -2.34. The standard InChI is InChI=1S/C17H21N3OS/c18-14-8-4-7-13(14)11-15(21)20-16(17-19-9-10-22-17)12-5-2-1-3-6-12/h1-3,5-6,9-10,13-14,16H,4,7-8,11,18H2,(H,20,21)/t13-,14+,16?/m0/s1. The number of carbonyl (C=O) groups excluding carboxylic acids is 1. The summed E-state index contributed by atoms with van der Waals surface area (Å²) in [6.45, 7) is 0. The van der Waals surface area contributed by atoms with Crippen molar-refractivity contribution in [1.82, 2.24) is 10.3 Å². The van der Waals surface area contributed by atoms with Gasteiger partial charge in [0.2, 0.25) is 5.91 Å². The van der Waals surface area contributed by atoms with Gasteiger partial charge in [-0.3, -0.25) is 4.79 Å². The van der Waals surface area contributed by atoms with Crippen molar-refractivity contribution in [3.63, 3.8) is 0 Å². The first-order valence-corrected chi connectivity index (χ1v) is 8.61. The molecule has 1 fully saturated rings. The van der Waals surface area contributed by atoms with E-state index in [4.69, 9.17) is 5.73 Å². The Labute approximate surface area is 134 Å². The van der Waals surface area contributed by atoms with Crippen molar-refractivity contribution in [2.24, 2.45) is 11.7 Å². The first-order chi connectivity index (χ1) is 10.7. The molecule has 0 bridgehead atoms. The lowest BCUT2D eigenvalue weighted by atomic mass is 9.99. The summed E-state index contributed by atoms with van der Waals surface area (Å²) in [6, 6.07) is 9.97. The van der Waals surface area contributed by atoms with Crippen molar-refractivity contribution < 1.29 is 4.79 Å². The summed E-state index contributed by atoms with van der Waals surface area (Å²) in [4.78, 5) is 16.8. The van der Waals surface area contributed by atoms with Crippen molar-refractivity contribution in [3.05, 3.63) is 52.5 Å². The quantitative estimate of drug-likeness (QED) is 0.891. The van der Waals surface area contributed by atoms with E-state index in [1.165, 1.54) is 0 Å². The van der Waals surface area contributed by atoms with Crippen LogP contribution in [-0.2, 0) is 4.79 Å². The van der Waals surface area contributed by atoms with E-state index in [2.05, 4.69) is 10.3 Å². The lowest BCUT2D eigenvalue weighted by molar-refractivity contribution is -0.122. The van der Waals surface area contributed by atoms with Gasteiger partial charge in [0.05, 0.1) is 0 Å². The number of amides is 1. The highest BCUT2D eigenvalue weighted by atomic mass is 32.1. The van der Waals surface area contributed by atoms with Gasteiger partial charge in [0, 0.05) is 24.0 Å². The molecule has 5 heteroatoms. The van der Waals surface area contributed by atoms with Crippen molar-refractivity contribution in [2.75, 3.05) is 0 Å². The molecule has 1 aromatic heterocycles. The number of benzene rings is 1. The summed E-state index contributed by atoms with van der Waals surface area (Å²) in [6.07, 6.45) is 5.51. The van der Waals surface area contributed by atoms with E-state index < -0.39 is 0 Å². The number of aromatic nitrogens is 1. The SMILES string of the molecule is N[C@@H]1CCC[C@H]1CC(=O)NC(c1ccccc1)c1nccs1. The maximum Gasteiger partial charge on any atom is 0.221 e. The number of nitrogens with two attached hydrogens (primary N) is 1. The van der Waals surface area contributed by atoms with Crippen LogP contribution in [0.25, 0.3) is 0 Å². The first-order valence-electron chi connectivity index (χ1n) is 7.73. The Hall–Kier alpha value is -1.72. The number of hydrogen-bond donors (Lipinski definition) is 2. The molecule has 3 atom stereocenters. The van der Waals surface area contributed by atoms with E-state index in [9.17, 15) is 4.79 Å². The second-order valence-corrected chi connectivity index (χ2v) is 6.77. The predicted molar refractivity (Wildman–Crippen MR) is 88.5 cm³/mol. The maximum atomic E-state index is 12.4. The third-order valence-corrected chi connectivity index (χ3v) is 5.14. The molecule has 1 aliphatic rings. The monoisotopic (exact) mass is 315 g/mol. The minimum absolute atomic E-state index is 0.0615. The highest BCUT2D eigenvalue weighted by Gasteiger charge is 2.27. The second kappa shape index (κ2) is 7.03. The predicted octanol–water partition coefficient (Wildman–Crippen LogP) is 2.87. The van der Waals surface area contributed by atoms with Crippen LogP contribution in [0.15, 0.2) is 41.9 Å². The van der Waals surface area contributed by atoms with Crippen LogP contribution in [0, 0.1) is 5.92 Å². The van der Waals surface area contributed by atoms with E-state index in [0.29, 0.717) is 12.3 Å². The largest absolute Gasteiger partial charge is 0.343 e. The van der Waals surface area contributed by atoms with Crippen molar-refractivity contribution in [1.29, 1.82) is 0 Å². The van der Waals surface area contributed by atoms with Gasteiger partial charge in [-0.2, -0.15) is 0 Å². The van der Waals surface area contributed by atoms with Crippen LogP contribution in [0.5, 0.6) is 0 Å². The van der Waals surface area contributed by atoms with Gasteiger partial charge < -0.3 is 11.1 Å². The van der Waals surface area contributed by atoms with Gasteiger partial charge in [-0.25, -0.2) is 4.98 Å². The van der Waals surface area contributed by atoms with Gasteiger partial charge >= 0.3 is 0 Å². The van der Waals surface area contributed by atoms with Gasteiger partial charge in [0.1, 0.15) is 11.0 Å². The van der Waals surface area contributed by atoms with Crippen molar-refractivity contribution >= 4 is 17.2 Å². The van der Waals surface area contributed by atoms with Gasteiger partial charge in [0.25, 0.3) is 0 Å². The summed E-state index contributed by atoms with van der Waals surface area (Å²) in [5, 5.41) is 5.98. The normalized spacial score (nSPS) is 22.4. The average Bonchev–Trinajstić information content (AvgIpc) is 3.18. The molecule has 1 amide bonds. The molecule has 4 nitrogen and oxygen atoms in total. The molecule has 0 saturated heterocycles. The van der Waals surface area contributed by atoms with Crippen LogP contribution in [0.4, 0.5) is 0 Å². The van der Waals surface area contributed by atoms with E-state index in [0.717, 1.165) is 29.8 Å². The fourth-order valence-electron chi connectivity index (χ4n) is 3.09. The fraction of sp³-hybridized carbons (Fsp3) is 0.412. The number of carbonyl (C=O) groups is 1. The molecule has 0 spiro atoms. The minimum Gasteiger partial charge on any atom is -0.343 e. The van der Waals surface area contributed by atoms with Crippen LogP contribution in [0.1, 0.15) is 42.3 Å². The number of nitrogens with one attached hydrogen (secondary N) is 1. The van der Waals surface area contributed by atoms with Gasteiger partial charge in [-0.15, -0.1) is 11.3 Å². The van der Waals surface area contributed by atoms with Crippen molar-refractivity contribution in [3.8, 4) is 0 Å². The molecule has 1 aromatic carbocycles. The molecule has 22 heavy (non-hydrogen) atoms. The fourth-order valence-corrected chi connectivity index (χ4v) is 3.80. The van der Waals surface area contributed by atoms with Crippen LogP contribution < -0.4 is 11.1 Å². The summed E-state index contributed by atoms with van der Waals surface area (Å²) in [5.41, 5.74) is 7.13. The Morgan fingerprint density at radius 3 is 2.82 bits per heavy atom. The molecule has 1 aliphatic carbocycles. The van der Waals surface area contributed by atoms with E-state index >= 15 is 0 Å². The van der Waals surface area contributed by atoms with Gasteiger partial charge in [0.15, 0.2) is 0 Å². The Morgan fingerprint density at radius 1 is 1.36 bits per heavy atom. The third kappa shape index (κ3) is 3.54. The van der Waals surface area contributed by atoms with Gasteiger partial charge in [-0.05, 0) is 24.3 Å². The van der Waals surface area contributed by atoms with Crippen LogP contribution in [-0.4, -0.2) is 16.9 Å². The van der Waals surface area contributed by atoms with Gasteiger partial charge in [-0.1, -0.05) is 36.8 Å². The Bertz CT molecular complexity index is 600. The van der Waals surface area contributed by atoms with Crippen LogP contribution in [0.2, 0.25) is 0 Å². The molecule has 2 aromatic rings. The summed E-state index contributed by atoms with van der Waals surface area (Å²) in [5.74, 6) is 0.374. The van der Waals surface area contributed by atoms with Crippen LogP contribution >= 0.6 is 11.3 Å². The molecule has 1 saturated carbocycles. The topological polar surface area (TPSA) is 68.0 Å². The molecular weight excluding hydrogens is 294 g/mol. The second-order valence-electron chi connectivity index (χ2n) is 5.84. The highest BCUT2D eigenvalue weighted by molar-refractivity contribution is 7.09. The first kappa shape index (κ1) is 15.2. The molecule has 0 radical (unpaired) electrons. The Morgan fingerprint density at radius 2 is 2.18 bits per heavy atom. The molecular formula is C17H21N3OS. The maximum absolute atomic E-state index is 12.4. The van der Waals surface area contributed by atoms with E-state index in [-0.39, 0.29) is 18.0 Å². The lowest BCUT2D eigenvalue weighted by Gasteiger charge is -2.20.